The summed E-state index contributed by atoms with van der Waals surface area (Å²) in [6, 6.07) is 13.9. The van der Waals surface area contributed by atoms with Crippen LogP contribution in [0.15, 0.2) is 53.5 Å². The number of amides is 1. The summed E-state index contributed by atoms with van der Waals surface area (Å²) in [6.07, 6.45) is 5.96. The Morgan fingerprint density at radius 3 is 2.53 bits per heavy atom. The fraction of sp³-hybridized carbons (Fsp3) is 0.320. The molecule has 32 heavy (non-hydrogen) atoms. The lowest BCUT2D eigenvalue weighted by Gasteiger charge is -2.36. The van der Waals surface area contributed by atoms with Crippen molar-refractivity contribution in [3.63, 3.8) is 0 Å². The molecule has 6 nitrogen and oxygen atoms in total. The molecule has 0 bridgehead atoms. The summed E-state index contributed by atoms with van der Waals surface area (Å²) in [5.74, 6) is -0.0287. The number of carbonyl (C=O) groups excluding carboxylic acids is 1. The number of thiophene rings is 1. The molecule has 6 rings (SSSR count). The molecule has 1 aromatic carbocycles. The van der Waals surface area contributed by atoms with Crippen LogP contribution in [0.5, 0.6) is 0 Å². The van der Waals surface area contributed by atoms with Crippen LogP contribution in [0.2, 0.25) is 0 Å². The zero-order valence-corrected chi connectivity index (χ0v) is 18.6. The predicted octanol–water partition coefficient (Wildman–Crippen LogP) is 3.75. The van der Waals surface area contributed by atoms with Crippen LogP contribution in [-0.2, 0) is 12.8 Å². The van der Waals surface area contributed by atoms with Gasteiger partial charge in [0, 0.05) is 42.9 Å². The van der Waals surface area contributed by atoms with E-state index >= 15 is 0 Å². The van der Waals surface area contributed by atoms with Crippen molar-refractivity contribution in [1.29, 1.82) is 0 Å². The van der Waals surface area contributed by atoms with Gasteiger partial charge in [-0.25, -0.2) is 4.98 Å². The second kappa shape index (κ2) is 7.74. The molecular formula is C25H24N4O2S. The highest BCUT2D eigenvalue weighted by Crippen LogP contribution is 2.33. The zero-order chi connectivity index (χ0) is 21.7. The highest BCUT2D eigenvalue weighted by Gasteiger charge is 2.24. The average molecular weight is 445 g/mol. The Morgan fingerprint density at radius 2 is 1.72 bits per heavy atom. The minimum absolute atomic E-state index is 0.0287. The number of benzene rings is 1. The molecule has 3 aromatic heterocycles. The van der Waals surface area contributed by atoms with Crippen LogP contribution < -0.4 is 10.5 Å². The second-order valence-electron chi connectivity index (χ2n) is 8.57. The van der Waals surface area contributed by atoms with Gasteiger partial charge in [0.25, 0.3) is 11.5 Å². The van der Waals surface area contributed by atoms with Crippen LogP contribution in [0.25, 0.3) is 15.9 Å². The molecular weight excluding hydrogens is 420 g/mol. The number of piperazine rings is 1. The topological polar surface area (TPSA) is 57.9 Å². The second-order valence-corrected chi connectivity index (χ2v) is 9.65. The van der Waals surface area contributed by atoms with Crippen LogP contribution >= 0.6 is 11.3 Å². The van der Waals surface area contributed by atoms with E-state index in [9.17, 15) is 9.59 Å². The first-order chi connectivity index (χ1) is 15.7. The van der Waals surface area contributed by atoms with Gasteiger partial charge in [-0.2, -0.15) is 0 Å². The Hall–Kier alpha value is -3.19. The molecule has 0 radical (unpaired) electrons. The molecule has 0 saturated carbocycles. The lowest BCUT2D eigenvalue weighted by molar-refractivity contribution is 0.0746. The predicted molar refractivity (Wildman–Crippen MR) is 128 cm³/mol. The van der Waals surface area contributed by atoms with Gasteiger partial charge in [-0.3, -0.25) is 14.0 Å². The first-order valence-corrected chi connectivity index (χ1v) is 12.1. The van der Waals surface area contributed by atoms with Gasteiger partial charge in [0.2, 0.25) is 0 Å². The highest BCUT2D eigenvalue weighted by molar-refractivity contribution is 7.18. The van der Waals surface area contributed by atoms with Gasteiger partial charge in [-0.15, -0.1) is 11.3 Å². The molecule has 2 aliphatic rings. The third kappa shape index (κ3) is 3.19. The molecule has 1 fully saturated rings. The van der Waals surface area contributed by atoms with Gasteiger partial charge in [0.1, 0.15) is 10.5 Å². The summed E-state index contributed by atoms with van der Waals surface area (Å²) < 4.78 is 1.57. The minimum atomic E-state index is -0.0482. The minimum Gasteiger partial charge on any atom is -0.368 e. The van der Waals surface area contributed by atoms with Gasteiger partial charge < -0.3 is 9.80 Å². The molecule has 4 heterocycles. The molecule has 7 heteroatoms. The molecule has 0 unspecified atom stereocenters. The van der Waals surface area contributed by atoms with E-state index in [1.807, 2.05) is 23.1 Å². The first kappa shape index (κ1) is 19.5. The smallest absolute Gasteiger partial charge is 0.266 e. The summed E-state index contributed by atoms with van der Waals surface area (Å²) in [7, 11) is 0. The van der Waals surface area contributed by atoms with Crippen molar-refractivity contribution in [2.45, 2.75) is 25.7 Å². The molecule has 4 aromatic rings. The van der Waals surface area contributed by atoms with E-state index in [1.54, 1.807) is 34.1 Å². The van der Waals surface area contributed by atoms with Crippen molar-refractivity contribution in [3.8, 4) is 0 Å². The van der Waals surface area contributed by atoms with Crippen LogP contribution in [0, 0.1) is 0 Å². The van der Waals surface area contributed by atoms with Crippen LogP contribution in [-0.4, -0.2) is 46.4 Å². The van der Waals surface area contributed by atoms with Crippen molar-refractivity contribution in [1.82, 2.24) is 14.3 Å². The number of anilines is 1. The molecule has 162 valence electrons. The number of hydrogen-bond donors (Lipinski definition) is 0. The van der Waals surface area contributed by atoms with E-state index in [0.29, 0.717) is 24.3 Å². The normalized spacial score (nSPS) is 16.5. The maximum Gasteiger partial charge on any atom is 0.266 e. The molecule has 1 amide bonds. The number of nitrogens with zero attached hydrogens (tertiary/aromatic N) is 4. The van der Waals surface area contributed by atoms with Gasteiger partial charge in [0.05, 0.1) is 10.9 Å². The number of fused-ring (bicyclic) bond motifs is 4. The third-order valence-electron chi connectivity index (χ3n) is 6.66. The van der Waals surface area contributed by atoms with Crippen molar-refractivity contribution in [2.75, 3.05) is 31.1 Å². The molecule has 1 saturated heterocycles. The number of hydrogen-bond acceptors (Lipinski definition) is 5. The lowest BCUT2D eigenvalue weighted by atomic mass is 9.97. The van der Waals surface area contributed by atoms with Crippen LogP contribution in [0.1, 0.15) is 33.6 Å². The number of aromatic nitrogens is 2. The summed E-state index contributed by atoms with van der Waals surface area (Å²) >= 11 is 1.66. The largest absolute Gasteiger partial charge is 0.368 e. The fourth-order valence-electron chi connectivity index (χ4n) is 4.94. The van der Waals surface area contributed by atoms with Gasteiger partial charge in [0.15, 0.2) is 0 Å². The van der Waals surface area contributed by atoms with E-state index in [2.05, 4.69) is 17.0 Å². The standard InChI is InChI=1S/C25H24N4O2S/c30-24(28-14-12-27(13-15-28)18-6-2-1-3-7-18)17-10-11-21-26-23-22(25(31)29(21)16-17)19-8-4-5-9-20(19)32-23/h1-3,6-7,10-11,16H,4-5,8-9,12-15H2. The number of rotatable bonds is 2. The molecule has 0 spiro atoms. The Morgan fingerprint density at radius 1 is 0.938 bits per heavy atom. The number of aryl methyl sites for hydroxylation is 2. The highest BCUT2D eigenvalue weighted by atomic mass is 32.1. The van der Waals surface area contributed by atoms with E-state index in [0.717, 1.165) is 42.6 Å². The van der Waals surface area contributed by atoms with Crippen molar-refractivity contribution >= 4 is 38.8 Å². The summed E-state index contributed by atoms with van der Waals surface area (Å²) in [5, 5.41) is 0.753. The lowest BCUT2D eigenvalue weighted by Crippen LogP contribution is -2.48. The monoisotopic (exact) mass is 444 g/mol. The van der Waals surface area contributed by atoms with Gasteiger partial charge in [-0.05, 0) is 55.5 Å². The maximum atomic E-state index is 13.4. The molecule has 1 aliphatic heterocycles. The average Bonchev–Trinajstić information content (AvgIpc) is 3.23. The van der Waals surface area contributed by atoms with Crippen molar-refractivity contribution in [2.24, 2.45) is 0 Å². The Balaban J connectivity index is 1.30. The summed E-state index contributed by atoms with van der Waals surface area (Å²) in [6.45, 7) is 2.92. The molecule has 0 N–H and O–H groups in total. The number of pyridine rings is 1. The van der Waals surface area contributed by atoms with Crippen LogP contribution in [0.3, 0.4) is 0 Å². The maximum absolute atomic E-state index is 13.4. The summed E-state index contributed by atoms with van der Waals surface area (Å²) in [4.78, 5) is 37.7. The zero-order valence-electron chi connectivity index (χ0n) is 17.8. The SMILES string of the molecule is O=C(c1ccc2nc3sc4c(c3c(=O)n2c1)CCCC4)N1CCN(c2ccccc2)CC1. The van der Waals surface area contributed by atoms with E-state index < -0.39 is 0 Å². The number of para-hydroxylation sites is 1. The van der Waals surface area contributed by atoms with E-state index in [4.69, 9.17) is 4.98 Å². The van der Waals surface area contributed by atoms with E-state index in [-0.39, 0.29) is 11.5 Å². The number of carbonyl (C=O) groups is 1. The summed E-state index contributed by atoms with van der Waals surface area (Å²) in [5.41, 5.74) is 3.46. The van der Waals surface area contributed by atoms with Crippen molar-refractivity contribution in [3.05, 3.63) is 75.0 Å². The Bertz CT molecular complexity index is 1380. The Kier molecular flexibility index (Phi) is 4.72. The van der Waals surface area contributed by atoms with Crippen molar-refractivity contribution < 1.29 is 4.79 Å². The quantitative estimate of drug-likeness (QED) is 0.473. The van der Waals surface area contributed by atoms with Crippen LogP contribution in [0.4, 0.5) is 5.69 Å². The molecule has 0 atom stereocenters. The fourth-order valence-corrected chi connectivity index (χ4v) is 6.20. The van der Waals surface area contributed by atoms with Gasteiger partial charge in [-0.1, -0.05) is 18.2 Å². The van der Waals surface area contributed by atoms with Gasteiger partial charge >= 0.3 is 0 Å². The molecule has 1 aliphatic carbocycles. The Labute approximate surface area is 189 Å². The third-order valence-corrected chi connectivity index (χ3v) is 7.85. The first-order valence-electron chi connectivity index (χ1n) is 11.2. The van der Waals surface area contributed by atoms with E-state index in [1.165, 1.54) is 22.5 Å².